The molecule has 2 heterocycles. The Kier molecular flexibility index (Phi) is 4.11. The molecule has 3 aromatic rings. The number of hydrogen-bond acceptors (Lipinski definition) is 4. The van der Waals surface area contributed by atoms with Crippen LogP contribution in [-0.2, 0) is 6.54 Å². The number of hydrogen-bond donors (Lipinski definition) is 2. The van der Waals surface area contributed by atoms with Gasteiger partial charge in [0, 0.05) is 36.7 Å². The molecule has 2 N–H and O–H groups in total. The molecule has 0 aliphatic heterocycles. The van der Waals surface area contributed by atoms with Crippen LogP contribution in [0.1, 0.15) is 18.0 Å². The van der Waals surface area contributed by atoms with Gasteiger partial charge in [-0.2, -0.15) is 5.10 Å². The van der Waals surface area contributed by atoms with Crippen molar-refractivity contribution in [2.24, 2.45) is 0 Å². The van der Waals surface area contributed by atoms with Crippen LogP contribution < -0.4 is 5.32 Å². The largest absolute Gasteiger partial charge is 0.391 e. The van der Waals surface area contributed by atoms with Crippen molar-refractivity contribution in [2.75, 3.05) is 0 Å². The van der Waals surface area contributed by atoms with Crippen molar-refractivity contribution in [3.8, 4) is 11.3 Å². The van der Waals surface area contributed by atoms with Crippen LogP contribution in [0.3, 0.4) is 0 Å². The van der Waals surface area contributed by atoms with Crippen LogP contribution in [0.5, 0.6) is 0 Å². The van der Waals surface area contributed by atoms with Crippen LogP contribution in [0.2, 0.25) is 0 Å². The van der Waals surface area contributed by atoms with E-state index in [2.05, 4.69) is 39.7 Å². The van der Waals surface area contributed by atoms with Crippen LogP contribution in [0.15, 0.2) is 67.1 Å². The highest BCUT2D eigenvalue weighted by atomic mass is 16.3. The predicted molar refractivity (Wildman–Crippen MR) is 92.2 cm³/mol. The maximum absolute atomic E-state index is 10.0. The molecule has 4 rings (SSSR count). The number of rotatable bonds is 5. The van der Waals surface area contributed by atoms with E-state index in [1.165, 1.54) is 5.56 Å². The summed E-state index contributed by atoms with van der Waals surface area (Å²) in [5, 5.41) is 17.8. The van der Waals surface area contributed by atoms with Gasteiger partial charge >= 0.3 is 0 Å². The lowest BCUT2D eigenvalue weighted by Crippen LogP contribution is -2.54. The van der Waals surface area contributed by atoms with Gasteiger partial charge in [-0.3, -0.25) is 9.67 Å². The summed E-state index contributed by atoms with van der Waals surface area (Å²) in [6.45, 7) is 0.760. The minimum Gasteiger partial charge on any atom is -0.391 e. The van der Waals surface area contributed by atoms with Crippen molar-refractivity contribution in [3.63, 3.8) is 0 Å². The van der Waals surface area contributed by atoms with E-state index in [1.54, 1.807) is 6.20 Å². The number of nitrogens with zero attached hydrogens (tertiary/aromatic N) is 3. The fraction of sp³-hybridized carbons (Fsp3) is 0.263. The molecule has 122 valence electrons. The van der Waals surface area contributed by atoms with Crippen molar-refractivity contribution in [3.05, 3.63) is 72.7 Å². The standard InChI is InChI=1S/C19H20N4O/c24-18-12-17(19(18)23-10-4-9-22-23)21-13-14-5-3-6-15(11-14)16-7-1-2-8-20-16/h1-11,17-19,21,24H,12-13H2/t17-,18+,19+/m0/s1. The molecule has 1 saturated carbocycles. The molecule has 0 radical (unpaired) electrons. The van der Waals surface area contributed by atoms with Crippen LogP contribution in [0, 0.1) is 0 Å². The highest BCUT2D eigenvalue weighted by Crippen LogP contribution is 2.32. The van der Waals surface area contributed by atoms with Gasteiger partial charge in [-0.1, -0.05) is 24.3 Å². The van der Waals surface area contributed by atoms with Crippen molar-refractivity contribution in [1.82, 2.24) is 20.1 Å². The third-order valence-corrected chi connectivity index (χ3v) is 4.59. The van der Waals surface area contributed by atoms with E-state index < -0.39 is 0 Å². The van der Waals surface area contributed by atoms with Crippen LogP contribution in [0.25, 0.3) is 11.3 Å². The third-order valence-electron chi connectivity index (χ3n) is 4.59. The molecule has 5 heteroatoms. The van der Waals surface area contributed by atoms with Crippen LogP contribution in [0.4, 0.5) is 0 Å². The summed E-state index contributed by atoms with van der Waals surface area (Å²) in [6.07, 6.45) is 5.89. The molecule has 5 nitrogen and oxygen atoms in total. The molecular weight excluding hydrogens is 300 g/mol. The van der Waals surface area contributed by atoms with E-state index in [0.717, 1.165) is 24.2 Å². The van der Waals surface area contributed by atoms with Crippen LogP contribution >= 0.6 is 0 Å². The topological polar surface area (TPSA) is 63.0 Å². The number of aliphatic hydroxyl groups excluding tert-OH is 1. The Bertz CT molecular complexity index is 788. The summed E-state index contributed by atoms with van der Waals surface area (Å²) in [5.41, 5.74) is 3.30. The van der Waals surface area contributed by atoms with Crippen LogP contribution in [-0.4, -0.2) is 32.0 Å². The second-order valence-corrected chi connectivity index (χ2v) is 6.18. The highest BCUT2D eigenvalue weighted by Gasteiger charge is 2.41. The Morgan fingerprint density at radius 1 is 1.12 bits per heavy atom. The quantitative estimate of drug-likeness (QED) is 0.758. The first kappa shape index (κ1) is 15.1. The smallest absolute Gasteiger partial charge is 0.0932 e. The fourth-order valence-electron chi connectivity index (χ4n) is 3.26. The molecule has 2 aromatic heterocycles. The first-order valence-electron chi connectivity index (χ1n) is 8.22. The number of pyridine rings is 1. The summed E-state index contributed by atoms with van der Waals surface area (Å²) in [5.74, 6) is 0. The van der Waals surface area contributed by atoms with E-state index >= 15 is 0 Å². The minimum atomic E-state index is -0.331. The normalized spacial score (nSPS) is 23.0. The zero-order chi connectivity index (χ0) is 16.4. The average molecular weight is 320 g/mol. The van der Waals surface area contributed by atoms with Gasteiger partial charge < -0.3 is 10.4 Å². The summed E-state index contributed by atoms with van der Waals surface area (Å²) >= 11 is 0. The van der Waals surface area contributed by atoms with Crippen molar-refractivity contribution in [2.45, 2.75) is 31.2 Å². The zero-order valence-corrected chi connectivity index (χ0v) is 13.3. The number of aliphatic hydroxyl groups is 1. The number of benzene rings is 1. The van der Waals surface area contributed by atoms with E-state index in [9.17, 15) is 5.11 Å². The second kappa shape index (κ2) is 6.55. The number of aromatic nitrogens is 3. The van der Waals surface area contributed by atoms with E-state index in [4.69, 9.17) is 0 Å². The number of nitrogens with one attached hydrogen (secondary N) is 1. The molecule has 1 aliphatic carbocycles. The molecule has 3 atom stereocenters. The molecular formula is C19H20N4O. The first-order chi connectivity index (χ1) is 11.8. The van der Waals surface area contributed by atoms with E-state index in [0.29, 0.717) is 0 Å². The maximum atomic E-state index is 10.0. The van der Waals surface area contributed by atoms with E-state index in [1.807, 2.05) is 41.3 Å². The lowest BCUT2D eigenvalue weighted by atomic mass is 9.83. The second-order valence-electron chi connectivity index (χ2n) is 6.18. The Labute approximate surface area is 141 Å². The summed E-state index contributed by atoms with van der Waals surface area (Å²) < 4.78 is 1.84. The monoisotopic (exact) mass is 320 g/mol. The molecule has 1 aliphatic rings. The molecule has 0 bridgehead atoms. The molecule has 1 fully saturated rings. The van der Waals surface area contributed by atoms with Crippen molar-refractivity contribution < 1.29 is 5.11 Å². The molecule has 24 heavy (non-hydrogen) atoms. The van der Waals surface area contributed by atoms with Gasteiger partial charge in [0.2, 0.25) is 0 Å². The Morgan fingerprint density at radius 3 is 2.83 bits per heavy atom. The molecule has 0 spiro atoms. The van der Waals surface area contributed by atoms with Gasteiger partial charge in [0.05, 0.1) is 17.8 Å². The molecule has 0 saturated heterocycles. The molecule has 1 aromatic carbocycles. The maximum Gasteiger partial charge on any atom is 0.0932 e. The summed E-state index contributed by atoms with van der Waals surface area (Å²) in [7, 11) is 0. The lowest BCUT2D eigenvalue weighted by molar-refractivity contribution is -0.00821. The first-order valence-corrected chi connectivity index (χ1v) is 8.22. The summed E-state index contributed by atoms with van der Waals surface area (Å²) in [4.78, 5) is 4.40. The Balaban J connectivity index is 1.43. The molecule has 0 amide bonds. The Morgan fingerprint density at radius 2 is 2.08 bits per heavy atom. The highest BCUT2D eigenvalue weighted by molar-refractivity contribution is 5.59. The van der Waals surface area contributed by atoms with Gasteiger partial charge in [0.15, 0.2) is 0 Å². The van der Waals surface area contributed by atoms with Crippen molar-refractivity contribution >= 4 is 0 Å². The van der Waals surface area contributed by atoms with Gasteiger partial charge in [0.25, 0.3) is 0 Å². The van der Waals surface area contributed by atoms with Gasteiger partial charge in [-0.15, -0.1) is 0 Å². The van der Waals surface area contributed by atoms with Gasteiger partial charge in [-0.25, -0.2) is 0 Å². The summed E-state index contributed by atoms with van der Waals surface area (Å²) in [6, 6.07) is 16.5. The van der Waals surface area contributed by atoms with Crippen molar-refractivity contribution in [1.29, 1.82) is 0 Å². The minimum absolute atomic E-state index is 0.0129. The predicted octanol–water partition coefficient (Wildman–Crippen LogP) is 2.41. The van der Waals surface area contributed by atoms with E-state index in [-0.39, 0.29) is 18.2 Å². The average Bonchev–Trinajstić information content (AvgIpc) is 3.13. The SMILES string of the molecule is O[C@@H]1C[C@H](NCc2cccc(-c3ccccn3)c2)[C@H]1n1cccn1. The third kappa shape index (κ3) is 2.96. The molecule has 0 unspecified atom stereocenters. The zero-order valence-electron chi connectivity index (χ0n) is 13.3. The lowest BCUT2D eigenvalue weighted by Gasteiger charge is -2.42. The van der Waals surface area contributed by atoms with Gasteiger partial charge in [-0.05, 0) is 36.2 Å². The van der Waals surface area contributed by atoms with Gasteiger partial charge in [0.1, 0.15) is 0 Å². The fourth-order valence-corrected chi connectivity index (χ4v) is 3.26. The Hall–Kier alpha value is -2.50.